The van der Waals surface area contributed by atoms with Crippen molar-refractivity contribution in [2.24, 2.45) is 4.99 Å². The van der Waals surface area contributed by atoms with Gasteiger partial charge in [-0.25, -0.2) is 0 Å². The summed E-state index contributed by atoms with van der Waals surface area (Å²) < 4.78 is 10.9. The van der Waals surface area contributed by atoms with Gasteiger partial charge in [-0.3, -0.25) is 9.89 Å². The summed E-state index contributed by atoms with van der Waals surface area (Å²) in [5.74, 6) is 2.43. The summed E-state index contributed by atoms with van der Waals surface area (Å²) in [5, 5.41) is 16.9. The fraction of sp³-hybridized carbons (Fsp3) is 0.500. The van der Waals surface area contributed by atoms with Gasteiger partial charge < -0.3 is 24.9 Å². The predicted octanol–water partition coefficient (Wildman–Crippen LogP) is 2.93. The van der Waals surface area contributed by atoms with Crippen LogP contribution in [0.4, 0.5) is 0 Å². The zero-order chi connectivity index (χ0) is 20.5. The van der Waals surface area contributed by atoms with Crippen molar-refractivity contribution in [3.05, 3.63) is 47.9 Å². The van der Waals surface area contributed by atoms with E-state index in [1.807, 2.05) is 24.3 Å². The number of phenols is 1. The fourth-order valence-corrected chi connectivity index (χ4v) is 3.69. The lowest BCUT2D eigenvalue weighted by atomic mass is 10.1. The van der Waals surface area contributed by atoms with E-state index in [4.69, 9.17) is 14.1 Å². The normalized spacial score (nSPS) is 16.0. The van der Waals surface area contributed by atoms with Gasteiger partial charge in [0, 0.05) is 13.1 Å². The van der Waals surface area contributed by atoms with Crippen LogP contribution >= 0.6 is 0 Å². The molecule has 0 amide bonds. The van der Waals surface area contributed by atoms with Gasteiger partial charge in [0.05, 0.1) is 26.0 Å². The molecule has 1 fully saturated rings. The Labute approximate surface area is 172 Å². The van der Waals surface area contributed by atoms with Crippen LogP contribution in [0.5, 0.6) is 11.5 Å². The van der Waals surface area contributed by atoms with Crippen LogP contribution in [0.2, 0.25) is 0 Å². The van der Waals surface area contributed by atoms with Crippen LogP contribution in [-0.2, 0) is 6.42 Å². The lowest BCUT2D eigenvalue weighted by Crippen LogP contribution is -2.39. The highest BCUT2D eigenvalue weighted by atomic mass is 16.5. The third-order valence-electron chi connectivity index (χ3n) is 5.21. The highest BCUT2D eigenvalue weighted by molar-refractivity contribution is 5.79. The summed E-state index contributed by atoms with van der Waals surface area (Å²) in [6.45, 7) is 6.29. The van der Waals surface area contributed by atoms with Crippen molar-refractivity contribution < 1.29 is 14.3 Å². The number of likely N-dealkylation sites (tertiary alicyclic amines) is 1. The minimum absolute atomic E-state index is 0.158. The molecule has 3 rings (SSSR count). The minimum Gasteiger partial charge on any atom is -0.504 e. The average molecular weight is 401 g/mol. The molecule has 1 atom stereocenters. The van der Waals surface area contributed by atoms with E-state index >= 15 is 0 Å². The van der Waals surface area contributed by atoms with Crippen LogP contribution in [-0.4, -0.2) is 55.8 Å². The van der Waals surface area contributed by atoms with Gasteiger partial charge in [-0.05, 0) is 63.0 Å². The number of guanidine groups is 1. The van der Waals surface area contributed by atoms with Gasteiger partial charge in [0.25, 0.3) is 0 Å². The molecule has 1 saturated heterocycles. The van der Waals surface area contributed by atoms with E-state index in [1.165, 1.54) is 12.8 Å². The van der Waals surface area contributed by atoms with Crippen molar-refractivity contribution in [2.45, 2.75) is 32.2 Å². The molecule has 0 bridgehead atoms. The molecule has 2 heterocycles. The van der Waals surface area contributed by atoms with Crippen molar-refractivity contribution in [1.29, 1.82) is 0 Å². The van der Waals surface area contributed by atoms with Gasteiger partial charge in [0.2, 0.25) is 0 Å². The molecule has 1 aromatic carbocycles. The first kappa shape index (κ1) is 21.0. The lowest BCUT2D eigenvalue weighted by molar-refractivity contribution is 0.221. The van der Waals surface area contributed by atoms with Crippen molar-refractivity contribution >= 4 is 5.96 Å². The van der Waals surface area contributed by atoms with E-state index in [0.29, 0.717) is 25.3 Å². The Kier molecular flexibility index (Phi) is 7.81. The molecule has 158 valence electrons. The maximum Gasteiger partial charge on any atom is 0.191 e. The van der Waals surface area contributed by atoms with Crippen molar-refractivity contribution in [3.63, 3.8) is 0 Å². The topological polar surface area (TPSA) is 82.3 Å². The summed E-state index contributed by atoms with van der Waals surface area (Å²) in [5.41, 5.74) is 0.846. The van der Waals surface area contributed by atoms with E-state index in [9.17, 15) is 5.11 Å². The maximum absolute atomic E-state index is 10.2. The molecule has 1 unspecified atom stereocenters. The zero-order valence-electron chi connectivity index (χ0n) is 17.4. The van der Waals surface area contributed by atoms with Crippen molar-refractivity contribution in [2.75, 3.05) is 39.8 Å². The number of ether oxygens (including phenoxy) is 1. The van der Waals surface area contributed by atoms with Gasteiger partial charge in [-0.2, -0.15) is 0 Å². The van der Waals surface area contributed by atoms with Crippen LogP contribution in [0.3, 0.4) is 0 Å². The first-order valence-electron chi connectivity index (χ1n) is 10.4. The number of nitrogens with one attached hydrogen (secondary N) is 2. The summed E-state index contributed by atoms with van der Waals surface area (Å²) in [7, 11) is 1.56. The van der Waals surface area contributed by atoms with Crippen LogP contribution in [0.25, 0.3) is 0 Å². The smallest absolute Gasteiger partial charge is 0.191 e. The fourth-order valence-electron chi connectivity index (χ4n) is 3.69. The average Bonchev–Trinajstić information content (AvgIpc) is 3.44. The molecule has 7 heteroatoms. The monoisotopic (exact) mass is 400 g/mol. The summed E-state index contributed by atoms with van der Waals surface area (Å²) in [6, 6.07) is 9.67. The Hall–Kier alpha value is -2.67. The highest BCUT2D eigenvalue weighted by Gasteiger charge is 2.25. The number of aromatic hydroxyl groups is 1. The highest BCUT2D eigenvalue weighted by Crippen LogP contribution is 2.29. The Bertz CT molecular complexity index is 770. The molecule has 1 aliphatic rings. The third kappa shape index (κ3) is 5.67. The molecule has 0 radical (unpaired) electrons. The summed E-state index contributed by atoms with van der Waals surface area (Å²) in [6.07, 6.45) is 4.85. The quantitative estimate of drug-likeness (QED) is 0.444. The molecular formula is C22H32N4O3. The molecule has 0 spiro atoms. The second kappa shape index (κ2) is 10.8. The largest absolute Gasteiger partial charge is 0.504 e. The molecule has 0 aliphatic carbocycles. The third-order valence-corrected chi connectivity index (χ3v) is 5.21. The summed E-state index contributed by atoms with van der Waals surface area (Å²) in [4.78, 5) is 7.25. The van der Waals surface area contributed by atoms with Crippen LogP contribution in [0.15, 0.2) is 46.0 Å². The molecule has 1 aliphatic heterocycles. The number of rotatable bonds is 9. The van der Waals surface area contributed by atoms with E-state index in [0.717, 1.165) is 36.9 Å². The molecule has 7 nitrogen and oxygen atoms in total. The molecule has 3 N–H and O–H groups in total. The molecular weight excluding hydrogens is 368 g/mol. The van der Waals surface area contributed by atoms with Crippen LogP contribution in [0, 0.1) is 0 Å². The second-order valence-electron chi connectivity index (χ2n) is 7.14. The number of hydrogen-bond acceptors (Lipinski definition) is 5. The van der Waals surface area contributed by atoms with Crippen molar-refractivity contribution in [1.82, 2.24) is 15.5 Å². The number of phenolic OH excluding ortho intramolecular Hbond substituents is 1. The Morgan fingerprint density at radius 2 is 2.07 bits per heavy atom. The number of para-hydroxylation sites is 1. The first-order valence-corrected chi connectivity index (χ1v) is 10.4. The Balaban J connectivity index is 1.61. The number of benzene rings is 1. The number of nitrogens with zero attached hydrogens (tertiary/aromatic N) is 2. The zero-order valence-corrected chi connectivity index (χ0v) is 17.4. The number of methoxy groups -OCH3 is 1. The summed E-state index contributed by atoms with van der Waals surface area (Å²) >= 11 is 0. The van der Waals surface area contributed by atoms with Gasteiger partial charge in [-0.15, -0.1) is 0 Å². The van der Waals surface area contributed by atoms with Crippen LogP contribution < -0.4 is 15.4 Å². The van der Waals surface area contributed by atoms with E-state index in [2.05, 4.69) is 22.5 Å². The lowest BCUT2D eigenvalue weighted by Gasteiger charge is -2.24. The molecule has 29 heavy (non-hydrogen) atoms. The molecule has 1 aromatic heterocycles. The van der Waals surface area contributed by atoms with E-state index < -0.39 is 0 Å². The Morgan fingerprint density at radius 3 is 2.76 bits per heavy atom. The van der Waals surface area contributed by atoms with Gasteiger partial charge in [-0.1, -0.05) is 12.1 Å². The van der Waals surface area contributed by atoms with Gasteiger partial charge in [0.1, 0.15) is 5.76 Å². The number of hydrogen-bond donors (Lipinski definition) is 3. The molecule has 2 aromatic rings. The van der Waals surface area contributed by atoms with Gasteiger partial charge >= 0.3 is 0 Å². The molecule has 0 saturated carbocycles. The van der Waals surface area contributed by atoms with Crippen LogP contribution in [0.1, 0.15) is 37.1 Å². The standard InChI is InChI=1S/C22H32N4O3/c1-3-23-22(24-12-11-17-8-6-9-20(28-2)21(17)27)25-16-18(19-10-7-15-29-19)26-13-4-5-14-26/h6-10,15,18,27H,3-5,11-14,16H2,1-2H3,(H2,23,24,25). The predicted molar refractivity (Wildman–Crippen MR) is 115 cm³/mol. The van der Waals surface area contributed by atoms with Gasteiger partial charge in [0.15, 0.2) is 17.5 Å². The number of aliphatic imine (C=N–C) groups is 1. The maximum atomic E-state index is 10.2. The Morgan fingerprint density at radius 1 is 1.24 bits per heavy atom. The second-order valence-corrected chi connectivity index (χ2v) is 7.14. The first-order chi connectivity index (χ1) is 14.2. The SMILES string of the molecule is CCNC(=NCC(c1ccco1)N1CCCC1)NCCc1cccc(OC)c1O. The number of furan rings is 1. The van der Waals surface area contributed by atoms with Crippen molar-refractivity contribution in [3.8, 4) is 11.5 Å². The minimum atomic E-state index is 0.158. The van der Waals surface area contributed by atoms with E-state index in [1.54, 1.807) is 19.4 Å². The van der Waals surface area contributed by atoms with E-state index in [-0.39, 0.29) is 11.8 Å².